The van der Waals surface area contributed by atoms with Crippen LogP contribution < -0.4 is 10.2 Å². The van der Waals surface area contributed by atoms with Crippen LogP contribution in [-0.2, 0) is 9.53 Å². The molecule has 2 saturated heterocycles. The van der Waals surface area contributed by atoms with Crippen molar-refractivity contribution in [3.05, 3.63) is 24.0 Å². The van der Waals surface area contributed by atoms with Crippen LogP contribution in [0.3, 0.4) is 0 Å². The molecule has 0 radical (unpaired) electrons. The van der Waals surface area contributed by atoms with E-state index in [2.05, 4.69) is 22.0 Å². The second kappa shape index (κ2) is 8.60. The number of carbonyl (C=O) groups excluding carboxylic acids is 1. The number of hydrogen-bond acceptors (Lipinski definition) is 5. The van der Waals surface area contributed by atoms with Crippen molar-refractivity contribution >= 4 is 17.3 Å². The fourth-order valence-electron chi connectivity index (χ4n) is 3.31. The van der Waals surface area contributed by atoms with Crippen LogP contribution in [0.5, 0.6) is 0 Å². The SMILES string of the molecule is CCN1CCN(CC(=O)Nc2ccc(N3CCOCC3)c(F)c2)CC1. The standard InChI is InChI=1S/C18H27FN4O2/c1-2-21-5-7-22(8-6-21)14-18(24)20-15-3-4-17(16(19)13-15)23-9-11-25-12-10-23/h3-4,13H,2,5-12,14H2,1H3,(H,20,24). The van der Waals surface area contributed by atoms with Crippen LogP contribution in [0.25, 0.3) is 0 Å². The molecule has 7 heteroatoms. The van der Waals surface area contributed by atoms with E-state index in [-0.39, 0.29) is 11.7 Å². The Morgan fingerprint density at radius 2 is 1.80 bits per heavy atom. The van der Waals surface area contributed by atoms with Gasteiger partial charge in [0.15, 0.2) is 0 Å². The Hall–Kier alpha value is -1.70. The minimum absolute atomic E-state index is 0.0940. The Bertz CT molecular complexity index is 584. The predicted octanol–water partition coefficient (Wildman–Crippen LogP) is 1.24. The number of piperazine rings is 1. The third-order valence-corrected chi connectivity index (χ3v) is 4.86. The third kappa shape index (κ3) is 4.90. The van der Waals surface area contributed by atoms with Gasteiger partial charge in [-0.25, -0.2) is 4.39 Å². The molecular weight excluding hydrogens is 323 g/mol. The number of nitrogens with one attached hydrogen (secondary N) is 1. The average Bonchev–Trinajstić information content (AvgIpc) is 2.63. The summed E-state index contributed by atoms with van der Waals surface area (Å²) in [5.41, 5.74) is 1.07. The molecule has 3 rings (SSSR count). The zero-order valence-corrected chi connectivity index (χ0v) is 14.8. The highest BCUT2D eigenvalue weighted by Gasteiger charge is 2.19. The summed E-state index contributed by atoms with van der Waals surface area (Å²) in [6.07, 6.45) is 0. The summed E-state index contributed by atoms with van der Waals surface area (Å²) < 4.78 is 19.7. The molecule has 0 aromatic heterocycles. The van der Waals surface area contributed by atoms with Crippen LogP contribution in [0.15, 0.2) is 18.2 Å². The molecule has 0 spiro atoms. The minimum atomic E-state index is -0.309. The molecule has 1 aromatic carbocycles. The monoisotopic (exact) mass is 350 g/mol. The second-order valence-electron chi connectivity index (χ2n) is 6.52. The van der Waals surface area contributed by atoms with Crippen molar-refractivity contribution < 1.29 is 13.9 Å². The maximum atomic E-state index is 14.4. The van der Waals surface area contributed by atoms with E-state index in [0.717, 1.165) is 32.7 Å². The van der Waals surface area contributed by atoms with Crippen molar-refractivity contribution in [2.75, 3.05) is 75.8 Å². The van der Waals surface area contributed by atoms with E-state index in [1.165, 1.54) is 6.07 Å². The Morgan fingerprint density at radius 1 is 1.12 bits per heavy atom. The van der Waals surface area contributed by atoms with E-state index < -0.39 is 0 Å². The zero-order chi connectivity index (χ0) is 17.6. The molecule has 0 bridgehead atoms. The molecule has 2 aliphatic heterocycles. The van der Waals surface area contributed by atoms with E-state index in [4.69, 9.17) is 4.74 Å². The van der Waals surface area contributed by atoms with E-state index in [1.54, 1.807) is 12.1 Å². The molecule has 2 fully saturated rings. The molecule has 138 valence electrons. The first-order valence-electron chi connectivity index (χ1n) is 9.02. The third-order valence-electron chi connectivity index (χ3n) is 4.86. The first kappa shape index (κ1) is 18.1. The van der Waals surface area contributed by atoms with E-state index in [0.29, 0.717) is 44.2 Å². The van der Waals surface area contributed by atoms with Crippen molar-refractivity contribution in [1.29, 1.82) is 0 Å². The Morgan fingerprint density at radius 3 is 2.44 bits per heavy atom. The van der Waals surface area contributed by atoms with E-state index in [1.807, 2.05) is 4.90 Å². The van der Waals surface area contributed by atoms with Crippen molar-refractivity contribution in [3.8, 4) is 0 Å². The lowest BCUT2D eigenvalue weighted by Crippen LogP contribution is -2.48. The van der Waals surface area contributed by atoms with Crippen LogP contribution in [0.2, 0.25) is 0 Å². The summed E-state index contributed by atoms with van der Waals surface area (Å²) in [5, 5.41) is 2.81. The fourth-order valence-corrected chi connectivity index (χ4v) is 3.31. The van der Waals surface area contributed by atoms with Gasteiger partial charge in [0.1, 0.15) is 5.82 Å². The highest BCUT2D eigenvalue weighted by molar-refractivity contribution is 5.92. The number of morpholine rings is 1. The number of likely N-dealkylation sites (N-methyl/N-ethyl adjacent to an activating group) is 1. The number of halogens is 1. The van der Waals surface area contributed by atoms with Gasteiger partial charge in [0, 0.05) is 45.0 Å². The van der Waals surface area contributed by atoms with Crippen LogP contribution >= 0.6 is 0 Å². The summed E-state index contributed by atoms with van der Waals surface area (Å²) in [6, 6.07) is 4.90. The number of amides is 1. The smallest absolute Gasteiger partial charge is 0.238 e. The van der Waals surface area contributed by atoms with Gasteiger partial charge in [-0.15, -0.1) is 0 Å². The van der Waals surface area contributed by atoms with Gasteiger partial charge in [0.2, 0.25) is 5.91 Å². The number of carbonyl (C=O) groups is 1. The molecule has 1 amide bonds. The van der Waals surface area contributed by atoms with Gasteiger partial charge in [-0.3, -0.25) is 9.69 Å². The molecule has 2 heterocycles. The van der Waals surface area contributed by atoms with Crippen molar-refractivity contribution in [1.82, 2.24) is 9.80 Å². The largest absolute Gasteiger partial charge is 0.378 e. The van der Waals surface area contributed by atoms with Crippen LogP contribution in [0.4, 0.5) is 15.8 Å². The van der Waals surface area contributed by atoms with Gasteiger partial charge in [-0.2, -0.15) is 0 Å². The number of ether oxygens (including phenoxy) is 1. The van der Waals surface area contributed by atoms with Gasteiger partial charge >= 0.3 is 0 Å². The van der Waals surface area contributed by atoms with Gasteiger partial charge in [0.05, 0.1) is 25.4 Å². The molecular formula is C18H27FN4O2. The molecule has 0 atom stereocenters. The lowest BCUT2D eigenvalue weighted by atomic mass is 10.2. The lowest BCUT2D eigenvalue weighted by Gasteiger charge is -2.33. The normalized spacial score (nSPS) is 19.8. The molecule has 0 saturated carbocycles. The average molecular weight is 350 g/mol. The van der Waals surface area contributed by atoms with Crippen molar-refractivity contribution in [2.24, 2.45) is 0 Å². The molecule has 1 aromatic rings. The molecule has 6 nitrogen and oxygen atoms in total. The van der Waals surface area contributed by atoms with Gasteiger partial charge in [-0.05, 0) is 24.7 Å². The maximum absolute atomic E-state index is 14.4. The zero-order valence-electron chi connectivity index (χ0n) is 14.8. The Balaban J connectivity index is 1.52. The topological polar surface area (TPSA) is 48.0 Å². The number of anilines is 2. The first-order valence-corrected chi connectivity index (χ1v) is 9.02. The number of benzene rings is 1. The number of nitrogens with zero attached hydrogens (tertiary/aromatic N) is 3. The van der Waals surface area contributed by atoms with Gasteiger partial charge in [-0.1, -0.05) is 6.92 Å². The first-order chi connectivity index (χ1) is 12.2. The highest BCUT2D eigenvalue weighted by Crippen LogP contribution is 2.23. The summed E-state index contributed by atoms with van der Waals surface area (Å²) >= 11 is 0. The van der Waals surface area contributed by atoms with Gasteiger partial charge in [0.25, 0.3) is 0 Å². The fraction of sp³-hybridized carbons (Fsp3) is 0.611. The molecule has 0 unspecified atom stereocenters. The summed E-state index contributed by atoms with van der Waals surface area (Å²) in [7, 11) is 0. The quantitative estimate of drug-likeness (QED) is 0.866. The Labute approximate surface area is 148 Å². The van der Waals surface area contributed by atoms with Crippen LogP contribution in [-0.4, -0.2) is 81.3 Å². The second-order valence-corrected chi connectivity index (χ2v) is 6.52. The number of hydrogen-bond donors (Lipinski definition) is 1. The van der Waals surface area contributed by atoms with Crippen molar-refractivity contribution in [3.63, 3.8) is 0 Å². The summed E-state index contributed by atoms with van der Waals surface area (Å²) in [5.74, 6) is -0.403. The molecule has 1 N–H and O–H groups in total. The van der Waals surface area contributed by atoms with E-state index >= 15 is 0 Å². The lowest BCUT2D eigenvalue weighted by molar-refractivity contribution is -0.117. The van der Waals surface area contributed by atoms with E-state index in [9.17, 15) is 9.18 Å². The summed E-state index contributed by atoms with van der Waals surface area (Å²) in [6.45, 7) is 9.93. The Kier molecular flexibility index (Phi) is 6.23. The maximum Gasteiger partial charge on any atom is 0.238 e. The molecule has 25 heavy (non-hydrogen) atoms. The minimum Gasteiger partial charge on any atom is -0.378 e. The number of rotatable bonds is 5. The molecule has 2 aliphatic rings. The summed E-state index contributed by atoms with van der Waals surface area (Å²) in [4.78, 5) is 18.7. The van der Waals surface area contributed by atoms with Crippen molar-refractivity contribution in [2.45, 2.75) is 6.92 Å². The molecule has 0 aliphatic carbocycles. The van der Waals surface area contributed by atoms with Crippen LogP contribution in [0, 0.1) is 5.82 Å². The van der Waals surface area contributed by atoms with Crippen LogP contribution in [0.1, 0.15) is 6.92 Å². The van der Waals surface area contributed by atoms with Gasteiger partial charge < -0.3 is 19.9 Å². The highest BCUT2D eigenvalue weighted by atomic mass is 19.1. The predicted molar refractivity (Wildman–Crippen MR) is 96.6 cm³/mol.